The largest absolute Gasteiger partial charge is 0.497 e. The summed E-state index contributed by atoms with van der Waals surface area (Å²) in [6.07, 6.45) is -0.666. The van der Waals surface area contributed by atoms with Crippen molar-refractivity contribution in [1.82, 2.24) is 4.90 Å². The predicted octanol–water partition coefficient (Wildman–Crippen LogP) is 1.24. The zero-order chi connectivity index (χ0) is 15.3. The van der Waals surface area contributed by atoms with Gasteiger partial charge in [-0.2, -0.15) is 0 Å². The second-order valence-corrected chi connectivity index (χ2v) is 4.38. The molecule has 1 atom stereocenters. The third-order valence-corrected chi connectivity index (χ3v) is 2.58. The van der Waals surface area contributed by atoms with E-state index in [-0.39, 0.29) is 17.8 Å². The van der Waals surface area contributed by atoms with Crippen LogP contribution in [0.15, 0.2) is 18.2 Å². The van der Waals surface area contributed by atoms with Crippen LogP contribution in [0.25, 0.3) is 0 Å². The first-order valence-corrected chi connectivity index (χ1v) is 5.96. The van der Waals surface area contributed by atoms with Crippen LogP contribution in [0.2, 0.25) is 0 Å². The molecule has 7 heteroatoms. The number of hydrogen-bond donors (Lipinski definition) is 3. The first-order chi connectivity index (χ1) is 9.35. The van der Waals surface area contributed by atoms with Crippen molar-refractivity contribution < 1.29 is 24.5 Å². The molecule has 20 heavy (non-hydrogen) atoms. The van der Waals surface area contributed by atoms with Crippen LogP contribution in [0.1, 0.15) is 17.3 Å². The van der Waals surface area contributed by atoms with Gasteiger partial charge in [-0.05, 0) is 25.1 Å². The Morgan fingerprint density at radius 3 is 2.60 bits per heavy atom. The molecule has 7 nitrogen and oxygen atoms in total. The van der Waals surface area contributed by atoms with Crippen molar-refractivity contribution in [3.8, 4) is 5.75 Å². The fourth-order valence-corrected chi connectivity index (χ4v) is 1.63. The number of nitrogens with one attached hydrogen (secondary N) is 1. The highest BCUT2D eigenvalue weighted by molar-refractivity contribution is 6.00. The summed E-state index contributed by atoms with van der Waals surface area (Å²) in [6, 6.07) is 3.83. The molecule has 1 aromatic carbocycles. The number of urea groups is 1. The average Bonchev–Trinajstić information content (AvgIpc) is 2.37. The number of nitrogens with zero attached hydrogens (tertiary/aromatic N) is 1. The van der Waals surface area contributed by atoms with Gasteiger partial charge in [-0.25, -0.2) is 9.59 Å². The molecule has 0 saturated heterocycles. The highest BCUT2D eigenvalue weighted by Crippen LogP contribution is 2.22. The number of hydrogen-bond acceptors (Lipinski definition) is 4. The molecule has 0 heterocycles. The monoisotopic (exact) mass is 282 g/mol. The summed E-state index contributed by atoms with van der Waals surface area (Å²) in [6.45, 7) is 1.70. The molecule has 0 bridgehead atoms. The zero-order valence-electron chi connectivity index (χ0n) is 11.6. The van der Waals surface area contributed by atoms with Crippen LogP contribution in [0, 0.1) is 0 Å². The van der Waals surface area contributed by atoms with Gasteiger partial charge in [0.2, 0.25) is 0 Å². The van der Waals surface area contributed by atoms with Gasteiger partial charge in [0.1, 0.15) is 5.75 Å². The molecule has 3 N–H and O–H groups in total. The number of aliphatic hydroxyl groups is 1. The van der Waals surface area contributed by atoms with E-state index in [0.717, 1.165) is 0 Å². The number of methoxy groups -OCH3 is 1. The Kier molecular flexibility index (Phi) is 5.33. The minimum atomic E-state index is -1.17. The van der Waals surface area contributed by atoms with Crippen LogP contribution in [-0.4, -0.2) is 53.9 Å². The molecule has 0 saturated carbocycles. The minimum Gasteiger partial charge on any atom is -0.497 e. The predicted molar refractivity (Wildman–Crippen MR) is 73.3 cm³/mol. The van der Waals surface area contributed by atoms with Gasteiger partial charge in [-0.3, -0.25) is 0 Å². The maximum atomic E-state index is 11.9. The van der Waals surface area contributed by atoms with E-state index < -0.39 is 18.1 Å². The second-order valence-electron chi connectivity index (χ2n) is 4.38. The smallest absolute Gasteiger partial charge is 0.337 e. The number of carboxylic acid groups (broad SMARTS) is 1. The summed E-state index contributed by atoms with van der Waals surface area (Å²) in [7, 11) is 2.93. The maximum absolute atomic E-state index is 11.9. The summed E-state index contributed by atoms with van der Waals surface area (Å²) in [5.74, 6) is -0.782. The fourth-order valence-electron chi connectivity index (χ4n) is 1.63. The standard InChI is InChI=1S/C13H18N2O5/c1-8(16)7-15(2)13(19)14-11-5-4-9(20-3)6-10(11)12(17)18/h4-6,8,16H,7H2,1-3H3,(H,14,19)(H,17,18). The van der Waals surface area contributed by atoms with Gasteiger partial charge in [0.05, 0.1) is 24.5 Å². The Labute approximate surface area is 116 Å². The van der Waals surface area contributed by atoms with E-state index in [9.17, 15) is 14.7 Å². The van der Waals surface area contributed by atoms with Crippen LogP contribution >= 0.6 is 0 Å². The zero-order valence-corrected chi connectivity index (χ0v) is 11.6. The Hall–Kier alpha value is -2.28. The molecule has 0 aliphatic rings. The molecule has 1 aromatic rings. The number of aliphatic hydroxyl groups excluding tert-OH is 1. The van der Waals surface area contributed by atoms with Crippen LogP contribution in [-0.2, 0) is 0 Å². The maximum Gasteiger partial charge on any atom is 0.337 e. The molecule has 0 aliphatic heterocycles. The molecule has 1 rings (SSSR count). The van der Waals surface area contributed by atoms with E-state index in [2.05, 4.69) is 5.32 Å². The van der Waals surface area contributed by atoms with E-state index in [0.29, 0.717) is 5.75 Å². The average molecular weight is 282 g/mol. The summed E-state index contributed by atoms with van der Waals surface area (Å²) >= 11 is 0. The topological polar surface area (TPSA) is 99.1 Å². The molecule has 0 aromatic heterocycles. The van der Waals surface area contributed by atoms with Crippen LogP contribution < -0.4 is 10.1 Å². The van der Waals surface area contributed by atoms with Gasteiger partial charge in [0.25, 0.3) is 0 Å². The number of anilines is 1. The number of ether oxygens (including phenoxy) is 1. The molecule has 0 fully saturated rings. The Morgan fingerprint density at radius 2 is 2.10 bits per heavy atom. The van der Waals surface area contributed by atoms with Gasteiger partial charge in [-0.15, -0.1) is 0 Å². The molecular weight excluding hydrogens is 264 g/mol. The summed E-state index contributed by atoms with van der Waals surface area (Å²) in [5.41, 5.74) is 0.101. The number of amides is 2. The molecule has 2 amide bonds. The highest BCUT2D eigenvalue weighted by atomic mass is 16.5. The van der Waals surface area contributed by atoms with Gasteiger partial charge in [-0.1, -0.05) is 0 Å². The van der Waals surface area contributed by atoms with Gasteiger partial charge < -0.3 is 25.2 Å². The second kappa shape index (κ2) is 6.76. The minimum absolute atomic E-state index is 0.0665. The lowest BCUT2D eigenvalue weighted by atomic mass is 10.1. The van der Waals surface area contributed by atoms with Crippen molar-refractivity contribution in [2.45, 2.75) is 13.0 Å². The number of carboxylic acids is 1. The lowest BCUT2D eigenvalue weighted by Gasteiger charge is -2.20. The molecular formula is C13H18N2O5. The van der Waals surface area contributed by atoms with E-state index in [1.807, 2.05) is 0 Å². The highest BCUT2D eigenvalue weighted by Gasteiger charge is 2.16. The number of aromatic carboxylic acids is 1. The Morgan fingerprint density at radius 1 is 1.45 bits per heavy atom. The van der Waals surface area contributed by atoms with Crippen molar-refractivity contribution in [3.05, 3.63) is 23.8 Å². The summed E-state index contributed by atoms with van der Waals surface area (Å²) in [5, 5.41) is 20.8. The molecule has 1 unspecified atom stereocenters. The summed E-state index contributed by atoms with van der Waals surface area (Å²) < 4.78 is 4.95. The third-order valence-electron chi connectivity index (χ3n) is 2.58. The Bertz CT molecular complexity index is 502. The molecule has 110 valence electrons. The number of rotatable bonds is 5. The number of benzene rings is 1. The molecule has 0 radical (unpaired) electrons. The van der Waals surface area contributed by atoms with E-state index in [1.54, 1.807) is 13.0 Å². The van der Waals surface area contributed by atoms with Gasteiger partial charge in [0.15, 0.2) is 0 Å². The summed E-state index contributed by atoms with van der Waals surface area (Å²) in [4.78, 5) is 24.3. The van der Waals surface area contributed by atoms with Crippen LogP contribution in [0.3, 0.4) is 0 Å². The van der Waals surface area contributed by atoms with Crippen molar-refractivity contribution >= 4 is 17.7 Å². The van der Waals surface area contributed by atoms with Crippen molar-refractivity contribution in [2.75, 3.05) is 26.0 Å². The lowest BCUT2D eigenvalue weighted by Crippen LogP contribution is -2.36. The van der Waals surface area contributed by atoms with Crippen molar-refractivity contribution in [2.24, 2.45) is 0 Å². The first kappa shape index (κ1) is 15.8. The molecule has 0 spiro atoms. The lowest BCUT2D eigenvalue weighted by molar-refractivity contribution is 0.0697. The fraction of sp³-hybridized carbons (Fsp3) is 0.385. The number of carbonyl (C=O) groups excluding carboxylic acids is 1. The number of carbonyl (C=O) groups is 2. The SMILES string of the molecule is COc1ccc(NC(=O)N(C)CC(C)O)c(C(=O)O)c1. The first-order valence-electron chi connectivity index (χ1n) is 5.96. The number of likely N-dealkylation sites (N-methyl/N-ethyl adjacent to an activating group) is 1. The van der Waals surface area contributed by atoms with Crippen LogP contribution in [0.5, 0.6) is 5.75 Å². The van der Waals surface area contributed by atoms with E-state index >= 15 is 0 Å². The van der Waals surface area contributed by atoms with E-state index in [1.165, 1.54) is 31.2 Å². The normalized spacial score (nSPS) is 11.6. The van der Waals surface area contributed by atoms with Gasteiger partial charge >= 0.3 is 12.0 Å². The quantitative estimate of drug-likeness (QED) is 0.754. The van der Waals surface area contributed by atoms with Crippen molar-refractivity contribution in [3.63, 3.8) is 0 Å². The van der Waals surface area contributed by atoms with E-state index in [4.69, 9.17) is 9.84 Å². The van der Waals surface area contributed by atoms with Gasteiger partial charge in [0, 0.05) is 13.6 Å². The van der Waals surface area contributed by atoms with Crippen molar-refractivity contribution in [1.29, 1.82) is 0 Å². The van der Waals surface area contributed by atoms with Crippen LogP contribution in [0.4, 0.5) is 10.5 Å². The molecule has 0 aliphatic carbocycles. The Balaban J connectivity index is 2.91. The third kappa shape index (κ3) is 4.13.